The maximum Gasteiger partial charge on any atom is 0.407 e. The topological polar surface area (TPSA) is 47.6 Å². The summed E-state index contributed by atoms with van der Waals surface area (Å²) in [6, 6.07) is 0. The average Bonchev–Trinajstić information content (AvgIpc) is 1.85. The highest BCUT2D eigenvalue weighted by Crippen LogP contribution is 2.20. The van der Waals surface area contributed by atoms with Gasteiger partial charge < -0.3 is 14.8 Å². The lowest BCUT2D eigenvalue weighted by Gasteiger charge is -2.36. The van der Waals surface area contributed by atoms with Gasteiger partial charge in [-0.05, 0) is 13.8 Å². The Kier molecular flexibility index (Phi) is 2.04. The summed E-state index contributed by atoms with van der Waals surface area (Å²) in [5.41, 5.74) is -0.517. The van der Waals surface area contributed by atoms with E-state index in [1.165, 1.54) is 0 Å². The number of carbonyl (C=O) groups is 1. The second-order valence-electron chi connectivity index (χ2n) is 3.10. The van der Waals surface area contributed by atoms with Gasteiger partial charge in [-0.2, -0.15) is 0 Å². The molecular formula is C7H13NO3. The summed E-state index contributed by atoms with van der Waals surface area (Å²) in [5.74, 6) is 0. The molecule has 64 valence electrons. The Labute approximate surface area is 65.9 Å². The van der Waals surface area contributed by atoms with Crippen LogP contribution in [0.2, 0.25) is 0 Å². The molecule has 1 N–H and O–H groups in total. The van der Waals surface area contributed by atoms with Crippen molar-refractivity contribution in [2.24, 2.45) is 0 Å². The minimum atomic E-state index is -0.517. The molecule has 0 aliphatic carbocycles. The quantitative estimate of drug-likeness (QED) is 0.606. The molecule has 1 atom stereocenters. The minimum absolute atomic E-state index is 0.0693. The summed E-state index contributed by atoms with van der Waals surface area (Å²) in [4.78, 5) is 10.8. The van der Waals surface area contributed by atoms with Crippen molar-refractivity contribution in [3.63, 3.8) is 0 Å². The van der Waals surface area contributed by atoms with Crippen molar-refractivity contribution < 1.29 is 14.3 Å². The summed E-state index contributed by atoms with van der Waals surface area (Å²) in [6.45, 7) is 4.18. The van der Waals surface area contributed by atoms with Gasteiger partial charge in [-0.3, -0.25) is 0 Å². The van der Waals surface area contributed by atoms with Crippen molar-refractivity contribution in [1.82, 2.24) is 5.32 Å². The molecule has 0 aromatic rings. The van der Waals surface area contributed by atoms with E-state index in [-0.39, 0.29) is 12.2 Å². The number of alkyl carbamates (subject to hydrolysis) is 1. The molecular weight excluding hydrogens is 146 g/mol. The Morgan fingerprint density at radius 2 is 2.36 bits per heavy atom. The molecule has 1 amide bonds. The Bertz CT molecular complexity index is 167. The van der Waals surface area contributed by atoms with E-state index in [2.05, 4.69) is 5.32 Å². The van der Waals surface area contributed by atoms with E-state index in [4.69, 9.17) is 9.47 Å². The van der Waals surface area contributed by atoms with E-state index in [1.54, 1.807) is 7.11 Å². The lowest BCUT2D eigenvalue weighted by Crippen LogP contribution is -2.55. The van der Waals surface area contributed by atoms with Gasteiger partial charge in [0.1, 0.15) is 11.7 Å². The van der Waals surface area contributed by atoms with Crippen LogP contribution in [0, 0.1) is 0 Å². The third-order valence-corrected chi connectivity index (χ3v) is 1.85. The molecule has 1 fully saturated rings. The number of hydrogen-bond acceptors (Lipinski definition) is 3. The van der Waals surface area contributed by atoms with Crippen LogP contribution in [0.4, 0.5) is 4.79 Å². The second kappa shape index (κ2) is 2.70. The summed E-state index contributed by atoms with van der Waals surface area (Å²) < 4.78 is 10.1. The van der Waals surface area contributed by atoms with E-state index in [1.807, 2.05) is 13.8 Å². The maximum absolute atomic E-state index is 10.8. The van der Waals surface area contributed by atoms with Crippen LogP contribution < -0.4 is 5.32 Å². The SMILES string of the molecule is COC1CNC(=O)OC1(C)C. The van der Waals surface area contributed by atoms with E-state index in [9.17, 15) is 4.79 Å². The van der Waals surface area contributed by atoms with Crippen molar-refractivity contribution in [3.05, 3.63) is 0 Å². The molecule has 0 radical (unpaired) electrons. The zero-order chi connectivity index (χ0) is 8.48. The molecule has 0 bridgehead atoms. The van der Waals surface area contributed by atoms with E-state index in [0.717, 1.165) is 0 Å². The second-order valence-corrected chi connectivity index (χ2v) is 3.10. The fourth-order valence-corrected chi connectivity index (χ4v) is 1.13. The van der Waals surface area contributed by atoms with E-state index >= 15 is 0 Å². The molecule has 11 heavy (non-hydrogen) atoms. The molecule has 1 aliphatic rings. The van der Waals surface area contributed by atoms with Crippen LogP contribution in [0.15, 0.2) is 0 Å². The first kappa shape index (κ1) is 8.33. The van der Waals surface area contributed by atoms with Crippen molar-refractivity contribution in [2.45, 2.75) is 25.6 Å². The summed E-state index contributed by atoms with van der Waals surface area (Å²) in [7, 11) is 1.60. The van der Waals surface area contributed by atoms with Gasteiger partial charge in [-0.15, -0.1) is 0 Å². The lowest BCUT2D eigenvalue weighted by atomic mass is 10.0. The van der Waals surface area contributed by atoms with Crippen LogP contribution in [0.25, 0.3) is 0 Å². The molecule has 0 aromatic heterocycles. The van der Waals surface area contributed by atoms with Gasteiger partial charge >= 0.3 is 6.09 Å². The van der Waals surface area contributed by atoms with Crippen molar-refractivity contribution in [2.75, 3.05) is 13.7 Å². The van der Waals surface area contributed by atoms with Crippen LogP contribution in [-0.4, -0.2) is 31.5 Å². The highest BCUT2D eigenvalue weighted by Gasteiger charge is 2.37. The number of cyclic esters (lactones) is 1. The van der Waals surface area contributed by atoms with Crippen LogP contribution in [0.5, 0.6) is 0 Å². The fraction of sp³-hybridized carbons (Fsp3) is 0.857. The van der Waals surface area contributed by atoms with Crippen LogP contribution in [-0.2, 0) is 9.47 Å². The molecule has 0 saturated carbocycles. The zero-order valence-corrected chi connectivity index (χ0v) is 7.01. The summed E-state index contributed by atoms with van der Waals surface area (Å²) in [5, 5.41) is 2.55. The molecule has 1 heterocycles. The Morgan fingerprint density at radius 1 is 1.73 bits per heavy atom. The van der Waals surface area contributed by atoms with Gasteiger partial charge in [0.25, 0.3) is 0 Å². The number of amides is 1. The van der Waals surface area contributed by atoms with Gasteiger partial charge in [-0.25, -0.2) is 4.79 Å². The van der Waals surface area contributed by atoms with Gasteiger partial charge in [0.2, 0.25) is 0 Å². The Morgan fingerprint density at radius 3 is 2.82 bits per heavy atom. The third kappa shape index (κ3) is 1.63. The smallest absolute Gasteiger partial charge is 0.407 e. The molecule has 1 unspecified atom stereocenters. The van der Waals surface area contributed by atoms with Gasteiger partial charge in [0, 0.05) is 7.11 Å². The first-order valence-electron chi connectivity index (χ1n) is 3.56. The summed E-state index contributed by atoms with van der Waals surface area (Å²) >= 11 is 0. The molecule has 4 nitrogen and oxygen atoms in total. The van der Waals surface area contributed by atoms with Crippen molar-refractivity contribution >= 4 is 6.09 Å². The molecule has 0 spiro atoms. The fourth-order valence-electron chi connectivity index (χ4n) is 1.13. The Balaban J connectivity index is 2.63. The van der Waals surface area contributed by atoms with Crippen LogP contribution >= 0.6 is 0 Å². The van der Waals surface area contributed by atoms with Crippen molar-refractivity contribution in [3.8, 4) is 0 Å². The molecule has 1 saturated heterocycles. The number of hydrogen-bond donors (Lipinski definition) is 1. The molecule has 4 heteroatoms. The minimum Gasteiger partial charge on any atom is -0.441 e. The maximum atomic E-state index is 10.8. The molecule has 0 aromatic carbocycles. The monoisotopic (exact) mass is 159 g/mol. The summed E-state index contributed by atoms with van der Waals surface area (Å²) in [6.07, 6.45) is -0.441. The average molecular weight is 159 g/mol. The third-order valence-electron chi connectivity index (χ3n) is 1.85. The first-order valence-corrected chi connectivity index (χ1v) is 3.56. The van der Waals surface area contributed by atoms with Crippen molar-refractivity contribution in [1.29, 1.82) is 0 Å². The largest absolute Gasteiger partial charge is 0.441 e. The zero-order valence-electron chi connectivity index (χ0n) is 7.01. The Hall–Kier alpha value is -0.770. The highest BCUT2D eigenvalue weighted by molar-refractivity contribution is 5.68. The predicted molar refractivity (Wildman–Crippen MR) is 39.4 cm³/mol. The van der Waals surface area contributed by atoms with Gasteiger partial charge in [0.15, 0.2) is 0 Å². The number of carbonyl (C=O) groups excluding carboxylic acids is 1. The predicted octanol–water partition coefficient (Wildman–Crippen LogP) is 0.520. The number of ether oxygens (including phenoxy) is 2. The number of rotatable bonds is 1. The normalized spacial score (nSPS) is 29.0. The van der Waals surface area contributed by atoms with E-state index in [0.29, 0.717) is 6.54 Å². The standard InChI is InChI=1S/C7H13NO3/c1-7(2)5(10-3)4-8-6(9)11-7/h5H,4H2,1-3H3,(H,8,9). The lowest BCUT2D eigenvalue weighted by molar-refractivity contribution is -0.0929. The van der Waals surface area contributed by atoms with Gasteiger partial charge in [0.05, 0.1) is 6.54 Å². The van der Waals surface area contributed by atoms with Crippen LogP contribution in [0.1, 0.15) is 13.8 Å². The van der Waals surface area contributed by atoms with E-state index < -0.39 is 5.60 Å². The molecule has 1 aliphatic heterocycles. The first-order chi connectivity index (χ1) is 5.06. The van der Waals surface area contributed by atoms with Crippen LogP contribution in [0.3, 0.4) is 0 Å². The molecule has 1 rings (SSSR count). The number of nitrogens with one attached hydrogen (secondary N) is 1. The highest BCUT2D eigenvalue weighted by atomic mass is 16.6. The number of methoxy groups -OCH3 is 1. The van der Waals surface area contributed by atoms with Gasteiger partial charge in [-0.1, -0.05) is 0 Å².